The van der Waals surface area contributed by atoms with Crippen molar-refractivity contribution in [3.05, 3.63) is 23.7 Å². The first-order valence-corrected chi connectivity index (χ1v) is 5.22. The van der Waals surface area contributed by atoms with Gasteiger partial charge >= 0.3 is 5.97 Å². The molecule has 0 aliphatic carbocycles. The predicted octanol–water partition coefficient (Wildman–Crippen LogP) is 2.26. The van der Waals surface area contributed by atoms with Crippen LogP contribution in [0.25, 0.3) is 0 Å². The molecule has 84 valence electrons. The van der Waals surface area contributed by atoms with Gasteiger partial charge in [-0.25, -0.2) is 4.79 Å². The summed E-state index contributed by atoms with van der Waals surface area (Å²) in [6, 6.07) is 1.89. The Labute approximate surface area is 89.3 Å². The zero-order chi connectivity index (χ0) is 11.3. The van der Waals surface area contributed by atoms with Crippen molar-refractivity contribution in [3.8, 4) is 0 Å². The summed E-state index contributed by atoms with van der Waals surface area (Å²) in [4.78, 5) is 10.8. The quantitative estimate of drug-likeness (QED) is 0.757. The van der Waals surface area contributed by atoms with Crippen LogP contribution in [-0.2, 0) is 6.54 Å². The first-order valence-electron chi connectivity index (χ1n) is 5.22. The van der Waals surface area contributed by atoms with Crippen LogP contribution in [0.1, 0.15) is 42.8 Å². The molecule has 1 heterocycles. The van der Waals surface area contributed by atoms with Crippen molar-refractivity contribution in [1.29, 1.82) is 0 Å². The zero-order valence-electron chi connectivity index (χ0n) is 9.12. The normalized spacial score (nSPS) is 10.9. The molecule has 0 saturated heterocycles. The van der Waals surface area contributed by atoms with Gasteiger partial charge in [-0.15, -0.1) is 0 Å². The number of nitrogens with one attached hydrogen (secondary N) is 1. The fourth-order valence-electron chi connectivity index (χ4n) is 1.48. The van der Waals surface area contributed by atoms with E-state index in [0.29, 0.717) is 18.3 Å². The molecule has 0 unspecified atom stereocenters. The number of rotatable bonds is 6. The van der Waals surface area contributed by atoms with Crippen molar-refractivity contribution >= 4 is 5.97 Å². The van der Waals surface area contributed by atoms with Gasteiger partial charge in [0.15, 0.2) is 0 Å². The van der Waals surface area contributed by atoms with Crippen LogP contribution in [0, 0.1) is 0 Å². The summed E-state index contributed by atoms with van der Waals surface area (Å²) in [5, 5.41) is 12.1. The maximum absolute atomic E-state index is 10.8. The molecule has 15 heavy (non-hydrogen) atoms. The van der Waals surface area contributed by atoms with Gasteiger partial charge in [-0.1, -0.05) is 13.8 Å². The largest absolute Gasteiger partial charge is 0.478 e. The molecule has 1 rings (SSSR count). The third-order valence-electron chi connectivity index (χ3n) is 2.51. The lowest BCUT2D eigenvalue weighted by Crippen LogP contribution is -2.27. The van der Waals surface area contributed by atoms with Gasteiger partial charge in [0.1, 0.15) is 11.3 Å². The van der Waals surface area contributed by atoms with Crippen LogP contribution in [0.15, 0.2) is 16.7 Å². The van der Waals surface area contributed by atoms with Gasteiger partial charge in [0.05, 0.1) is 12.8 Å². The summed E-state index contributed by atoms with van der Waals surface area (Å²) in [6.07, 6.45) is 3.46. The molecule has 0 aliphatic heterocycles. The van der Waals surface area contributed by atoms with E-state index in [1.807, 2.05) is 0 Å². The fourth-order valence-corrected chi connectivity index (χ4v) is 1.48. The Kier molecular flexibility index (Phi) is 4.37. The van der Waals surface area contributed by atoms with Crippen LogP contribution in [0.4, 0.5) is 0 Å². The molecule has 0 amide bonds. The smallest absolute Gasteiger partial charge is 0.339 e. The van der Waals surface area contributed by atoms with E-state index in [4.69, 9.17) is 9.52 Å². The molecule has 2 N–H and O–H groups in total. The molecule has 4 heteroatoms. The zero-order valence-corrected chi connectivity index (χ0v) is 9.12. The Balaban J connectivity index is 2.57. The van der Waals surface area contributed by atoms with Gasteiger partial charge < -0.3 is 14.8 Å². The summed E-state index contributed by atoms with van der Waals surface area (Å²) >= 11 is 0. The van der Waals surface area contributed by atoms with Crippen molar-refractivity contribution in [3.63, 3.8) is 0 Å². The van der Waals surface area contributed by atoms with Crippen LogP contribution >= 0.6 is 0 Å². The maximum Gasteiger partial charge on any atom is 0.339 e. The monoisotopic (exact) mass is 211 g/mol. The van der Waals surface area contributed by atoms with Crippen LogP contribution in [0.5, 0.6) is 0 Å². The van der Waals surface area contributed by atoms with E-state index in [0.717, 1.165) is 12.8 Å². The standard InChI is InChI=1S/C11H17NO3/c1-3-8(4-2)12-7-10-9(11(13)14)5-6-15-10/h5-6,8,12H,3-4,7H2,1-2H3,(H,13,14). The summed E-state index contributed by atoms with van der Waals surface area (Å²) in [5.74, 6) is -0.445. The summed E-state index contributed by atoms with van der Waals surface area (Å²) < 4.78 is 5.12. The first-order chi connectivity index (χ1) is 7.19. The summed E-state index contributed by atoms with van der Waals surface area (Å²) in [6.45, 7) is 4.67. The molecule has 4 nitrogen and oxygen atoms in total. The van der Waals surface area contributed by atoms with Gasteiger partial charge in [-0.05, 0) is 18.9 Å². The molecule has 0 atom stereocenters. The topological polar surface area (TPSA) is 62.5 Å². The van der Waals surface area contributed by atoms with Gasteiger partial charge in [-0.3, -0.25) is 0 Å². The molecule has 0 fully saturated rings. The maximum atomic E-state index is 10.8. The lowest BCUT2D eigenvalue weighted by molar-refractivity contribution is 0.0694. The van der Waals surface area contributed by atoms with E-state index in [9.17, 15) is 4.79 Å². The highest BCUT2D eigenvalue weighted by Crippen LogP contribution is 2.11. The SMILES string of the molecule is CCC(CC)NCc1occc1C(=O)O. The van der Waals surface area contributed by atoms with E-state index >= 15 is 0 Å². The molecular weight excluding hydrogens is 194 g/mol. The molecule has 0 bridgehead atoms. The van der Waals surface area contributed by atoms with Gasteiger partial charge in [0, 0.05) is 6.04 Å². The third-order valence-corrected chi connectivity index (χ3v) is 2.51. The Morgan fingerprint density at radius 2 is 2.20 bits per heavy atom. The lowest BCUT2D eigenvalue weighted by Gasteiger charge is -2.13. The van der Waals surface area contributed by atoms with Crippen molar-refractivity contribution in [2.75, 3.05) is 0 Å². The molecule has 0 aliphatic rings. The van der Waals surface area contributed by atoms with Crippen LogP contribution < -0.4 is 5.32 Å². The second-order valence-corrected chi connectivity index (χ2v) is 3.46. The highest BCUT2D eigenvalue weighted by molar-refractivity contribution is 5.88. The van der Waals surface area contributed by atoms with E-state index in [1.54, 1.807) is 0 Å². The number of carboxylic acids is 1. The highest BCUT2D eigenvalue weighted by atomic mass is 16.4. The molecule has 1 aromatic rings. The third kappa shape index (κ3) is 3.09. The number of hydrogen-bond acceptors (Lipinski definition) is 3. The van der Waals surface area contributed by atoms with Crippen LogP contribution in [-0.4, -0.2) is 17.1 Å². The van der Waals surface area contributed by atoms with Crippen molar-refractivity contribution in [2.45, 2.75) is 39.3 Å². The number of hydrogen-bond donors (Lipinski definition) is 2. The molecule has 0 spiro atoms. The fraction of sp³-hybridized carbons (Fsp3) is 0.545. The molecule has 0 saturated carbocycles. The first kappa shape index (κ1) is 11.8. The average molecular weight is 211 g/mol. The summed E-state index contributed by atoms with van der Waals surface area (Å²) in [7, 11) is 0. The van der Waals surface area contributed by atoms with E-state index in [1.165, 1.54) is 12.3 Å². The molecule has 0 radical (unpaired) electrons. The Morgan fingerprint density at radius 1 is 1.53 bits per heavy atom. The lowest BCUT2D eigenvalue weighted by atomic mass is 10.1. The second kappa shape index (κ2) is 5.56. The predicted molar refractivity (Wildman–Crippen MR) is 56.9 cm³/mol. The van der Waals surface area contributed by atoms with E-state index in [2.05, 4.69) is 19.2 Å². The second-order valence-electron chi connectivity index (χ2n) is 3.46. The van der Waals surface area contributed by atoms with E-state index < -0.39 is 5.97 Å². The minimum absolute atomic E-state index is 0.244. The average Bonchev–Trinajstić information content (AvgIpc) is 2.67. The number of carboxylic acid groups (broad SMARTS) is 1. The minimum atomic E-state index is -0.940. The van der Waals surface area contributed by atoms with E-state index in [-0.39, 0.29) is 5.56 Å². The Bertz CT molecular complexity index is 315. The number of carbonyl (C=O) groups is 1. The van der Waals surface area contributed by atoms with Crippen molar-refractivity contribution in [1.82, 2.24) is 5.32 Å². The molecule has 0 aromatic carbocycles. The van der Waals surface area contributed by atoms with Crippen LogP contribution in [0.2, 0.25) is 0 Å². The summed E-state index contributed by atoms with van der Waals surface area (Å²) in [5.41, 5.74) is 0.244. The Hall–Kier alpha value is -1.29. The van der Waals surface area contributed by atoms with Gasteiger partial charge in [0.2, 0.25) is 0 Å². The number of aromatic carboxylic acids is 1. The van der Waals surface area contributed by atoms with Gasteiger partial charge in [-0.2, -0.15) is 0 Å². The molecule has 1 aromatic heterocycles. The number of furan rings is 1. The van der Waals surface area contributed by atoms with Crippen LogP contribution in [0.3, 0.4) is 0 Å². The van der Waals surface area contributed by atoms with Crippen molar-refractivity contribution in [2.24, 2.45) is 0 Å². The Morgan fingerprint density at radius 3 is 2.73 bits per heavy atom. The highest BCUT2D eigenvalue weighted by Gasteiger charge is 2.13. The minimum Gasteiger partial charge on any atom is -0.478 e. The van der Waals surface area contributed by atoms with Gasteiger partial charge in [0.25, 0.3) is 0 Å². The molecular formula is C11H17NO3. The van der Waals surface area contributed by atoms with Crippen molar-refractivity contribution < 1.29 is 14.3 Å².